The predicted octanol–water partition coefficient (Wildman–Crippen LogP) is 3.90. The number of nitrogens with one attached hydrogen (secondary N) is 2. The van der Waals surface area contributed by atoms with Gasteiger partial charge in [0, 0.05) is 12.1 Å². The third-order valence-corrected chi connectivity index (χ3v) is 5.21. The van der Waals surface area contributed by atoms with E-state index in [0.29, 0.717) is 5.56 Å². The molecule has 2 unspecified atom stereocenters. The molecule has 0 saturated heterocycles. The quantitative estimate of drug-likeness (QED) is 0.466. The minimum atomic E-state index is -0.992. The van der Waals surface area contributed by atoms with Crippen LogP contribution in [0.5, 0.6) is 0 Å². The number of esters is 1. The zero-order chi connectivity index (χ0) is 27.7. The summed E-state index contributed by atoms with van der Waals surface area (Å²) >= 11 is 0. The molecule has 0 saturated carbocycles. The highest BCUT2D eigenvalue weighted by Crippen LogP contribution is 2.30. The van der Waals surface area contributed by atoms with E-state index in [1.807, 2.05) is 52.0 Å². The molecule has 1 aromatic carbocycles. The Morgan fingerprint density at radius 3 is 2.03 bits per heavy atom. The Balaban J connectivity index is 3.31. The molecule has 0 spiro atoms. The number of hydrogen-bond donors (Lipinski definition) is 2. The third kappa shape index (κ3) is 9.87. The van der Waals surface area contributed by atoms with Crippen molar-refractivity contribution >= 4 is 23.9 Å². The van der Waals surface area contributed by atoms with Crippen LogP contribution in [0, 0.1) is 0 Å². The maximum Gasteiger partial charge on any atom is 0.408 e. The van der Waals surface area contributed by atoms with Crippen molar-refractivity contribution in [3.8, 4) is 0 Å². The molecule has 0 bridgehead atoms. The van der Waals surface area contributed by atoms with E-state index < -0.39 is 47.1 Å². The number of nitrogens with zero attached hydrogens (tertiary/aromatic N) is 1. The average molecular weight is 506 g/mol. The van der Waals surface area contributed by atoms with Gasteiger partial charge in [0.15, 0.2) is 0 Å². The molecule has 0 aliphatic rings. The molecule has 0 heterocycles. The van der Waals surface area contributed by atoms with E-state index in [-0.39, 0.29) is 19.6 Å². The molecule has 9 heteroatoms. The molecule has 202 valence electrons. The lowest BCUT2D eigenvalue weighted by atomic mass is 9.94. The fourth-order valence-electron chi connectivity index (χ4n) is 3.57. The van der Waals surface area contributed by atoms with Gasteiger partial charge in [0.05, 0.1) is 13.0 Å². The summed E-state index contributed by atoms with van der Waals surface area (Å²) in [6, 6.07) is 5.54. The Kier molecular flexibility index (Phi) is 11.4. The fourth-order valence-corrected chi connectivity index (χ4v) is 3.57. The van der Waals surface area contributed by atoms with Crippen LogP contribution in [0.2, 0.25) is 0 Å². The summed E-state index contributed by atoms with van der Waals surface area (Å²) in [4.78, 5) is 52.7. The molecular formula is C27H43N3O6. The predicted molar refractivity (Wildman–Crippen MR) is 138 cm³/mol. The molecule has 36 heavy (non-hydrogen) atoms. The number of ether oxygens (including phenoxy) is 2. The number of hydrogen-bond acceptors (Lipinski definition) is 6. The number of aryl methyl sites for hydroxylation is 1. The van der Waals surface area contributed by atoms with Crippen LogP contribution in [-0.4, -0.2) is 59.1 Å². The Bertz CT molecular complexity index is 900. The van der Waals surface area contributed by atoms with Crippen molar-refractivity contribution in [3.63, 3.8) is 0 Å². The summed E-state index contributed by atoms with van der Waals surface area (Å²) < 4.78 is 10.2. The lowest BCUT2D eigenvalue weighted by Crippen LogP contribution is -2.58. The van der Waals surface area contributed by atoms with Gasteiger partial charge < -0.3 is 25.0 Å². The van der Waals surface area contributed by atoms with Gasteiger partial charge in [-0.1, -0.05) is 31.2 Å². The van der Waals surface area contributed by atoms with E-state index in [9.17, 15) is 19.2 Å². The van der Waals surface area contributed by atoms with E-state index in [1.165, 1.54) is 4.90 Å². The van der Waals surface area contributed by atoms with Gasteiger partial charge in [0.1, 0.15) is 17.7 Å². The maximum absolute atomic E-state index is 13.7. The van der Waals surface area contributed by atoms with Gasteiger partial charge in [-0.3, -0.25) is 14.4 Å². The molecule has 0 aromatic heterocycles. The molecule has 0 fully saturated rings. The summed E-state index contributed by atoms with van der Waals surface area (Å²) in [7, 11) is 0. The van der Waals surface area contributed by atoms with Gasteiger partial charge in [0.25, 0.3) is 0 Å². The molecule has 1 aromatic rings. The van der Waals surface area contributed by atoms with Crippen molar-refractivity contribution in [1.82, 2.24) is 15.5 Å². The van der Waals surface area contributed by atoms with Crippen molar-refractivity contribution in [3.05, 3.63) is 35.4 Å². The van der Waals surface area contributed by atoms with E-state index in [4.69, 9.17) is 9.47 Å². The second-order valence-corrected chi connectivity index (χ2v) is 10.6. The van der Waals surface area contributed by atoms with Crippen molar-refractivity contribution in [2.75, 3.05) is 13.2 Å². The van der Waals surface area contributed by atoms with Crippen molar-refractivity contribution in [1.29, 1.82) is 0 Å². The maximum atomic E-state index is 13.7. The first-order valence-corrected chi connectivity index (χ1v) is 12.5. The smallest absolute Gasteiger partial charge is 0.408 e. The van der Waals surface area contributed by atoms with Crippen LogP contribution in [0.1, 0.15) is 85.9 Å². The monoisotopic (exact) mass is 505 g/mol. The van der Waals surface area contributed by atoms with Crippen LogP contribution in [-0.2, 0) is 30.3 Å². The molecule has 0 aliphatic heterocycles. The zero-order valence-electron chi connectivity index (χ0n) is 23.2. The van der Waals surface area contributed by atoms with Crippen LogP contribution in [0.4, 0.5) is 4.79 Å². The van der Waals surface area contributed by atoms with Gasteiger partial charge in [-0.05, 0) is 72.9 Å². The van der Waals surface area contributed by atoms with Gasteiger partial charge in [-0.25, -0.2) is 4.79 Å². The highest BCUT2D eigenvalue weighted by Gasteiger charge is 2.40. The minimum absolute atomic E-state index is 0.0150. The SMILES string of the molecule is CCOC(=O)CCNC(=O)C(c1ccc(CC)cc1)N(C(=O)C(C)NC(=O)OC(C)(C)C)C(C)(C)C. The van der Waals surface area contributed by atoms with Crippen molar-refractivity contribution in [2.24, 2.45) is 0 Å². The second-order valence-electron chi connectivity index (χ2n) is 10.6. The first kappa shape index (κ1) is 30.9. The second kappa shape index (κ2) is 13.3. The molecule has 0 aliphatic carbocycles. The first-order valence-electron chi connectivity index (χ1n) is 12.5. The molecule has 2 N–H and O–H groups in total. The van der Waals surface area contributed by atoms with E-state index in [0.717, 1.165) is 12.0 Å². The number of carbonyl (C=O) groups is 4. The van der Waals surface area contributed by atoms with E-state index in [2.05, 4.69) is 10.6 Å². The molecule has 1 rings (SSSR count). The number of amides is 3. The van der Waals surface area contributed by atoms with Crippen LogP contribution in [0.25, 0.3) is 0 Å². The molecule has 9 nitrogen and oxygen atoms in total. The summed E-state index contributed by atoms with van der Waals surface area (Å²) in [6.45, 7) is 16.3. The third-order valence-electron chi connectivity index (χ3n) is 5.21. The number of rotatable bonds is 10. The van der Waals surface area contributed by atoms with Crippen LogP contribution in [0.3, 0.4) is 0 Å². The topological polar surface area (TPSA) is 114 Å². The van der Waals surface area contributed by atoms with Crippen molar-refractivity contribution < 1.29 is 28.7 Å². The molecule has 0 radical (unpaired) electrons. The number of carbonyl (C=O) groups excluding carboxylic acids is 4. The Hall–Kier alpha value is -3.10. The lowest BCUT2D eigenvalue weighted by Gasteiger charge is -2.42. The summed E-state index contributed by atoms with van der Waals surface area (Å²) in [6.07, 6.45) is 0.122. The Morgan fingerprint density at radius 1 is 0.972 bits per heavy atom. The largest absolute Gasteiger partial charge is 0.466 e. The molecule has 2 atom stereocenters. The standard InChI is InChI=1S/C27H43N3O6/c1-10-19-12-14-20(15-13-19)22(23(32)28-17-16-21(31)35-11-2)30(26(4,5)6)24(33)18(3)29-25(34)36-27(7,8)9/h12-15,18,22H,10-11,16-17H2,1-9H3,(H,28,32)(H,29,34). The highest BCUT2D eigenvalue weighted by atomic mass is 16.6. The summed E-state index contributed by atoms with van der Waals surface area (Å²) in [5.41, 5.74) is 0.203. The van der Waals surface area contributed by atoms with Crippen LogP contribution in [0.15, 0.2) is 24.3 Å². The number of alkyl carbamates (subject to hydrolysis) is 1. The van der Waals surface area contributed by atoms with Gasteiger partial charge >= 0.3 is 12.1 Å². The van der Waals surface area contributed by atoms with E-state index >= 15 is 0 Å². The summed E-state index contributed by atoms with van der Waals surface area (Å²) in [5, 5.41) is 5.35. The lowest BCUT2D eigenvalue weighted by molar-refractivity contribution is -0.148. The van der Waals surface area contributed by atoms with Crippen molar-refractivity contribution in [2.45, 2.75) is 98.4 Å². The fraction of sp³-hybridized carbons (Fsp3) is 0.630. The van der Waals surface area contributed by atoms with Crippen LogP contribution < -0.4 is 10.6 Å². The van der Waals surface area contributed by atoms with E-state index in [1.54, 1.807) is 34.6 Å². The highest BCUT2D eigenvalue weighted by molar-refractivity contribution is 5.92. The average Bonchev–Trinajstić information content (AvgIpc) is 2.74. The zero-order valence-corrected chi connectivity index (χ0v) is 23.2. The Morgan fingerprint density at radius 2 is 1.56 bits per heavy atom. The summed E-state index contributed by atoms with van der Waals surface area (Å²) in [5.74, 6) is -1.30. The van der Waals surface area contributed by atoms with Gasteiger partial charge in [0.2, 0.25) is 11.8 Å². The van der Waals surface area contributed by atoms with Crippen LogP contribution >= 0.6 is 0 Å². The Labute approximate surface area is 215 Å². The van der Waals surface area contributed by atoms with Gasteiger partial charge in [-0.15, -0.1) is 0 Å². The number of benzene rings is 1. The minimum Gasteiger partial charge on any atom is -0.466 e. The van der Waals surface area contributed by atoms with Gasteiger partial charge in [-0.2, -0.15) is 0 Å². The molecule has 3 amide bonds. The normalized spacial score (nSPS) is 13.2. The first-order chi connectivity index (χ1) is 16.6. The molecular weight excluding hydrogens is 462 g/mol.